The topological polar surface area (TPSA) is 91.9 Å². The van der Waals surface area contributed by atoms with Gasteiger partial charge in [0.2, 0.25) is 0 Å². The van der Waals surface area contributed by atoms with Crippen LogP contribution in [0.25, 0.3) is 110 Å². The molecule has 0 radical (unpaired) electrons. The SMILES string of the molecule is [C-]#[N+]c1cccc(-c2cc(-c3ccc(-c4c(C#N)cc(-n5c6ccccc6c6cc(-n7c8ccccc8c8ccccc87)ccc65)cc4C#N)cc3)nc(-c3cccc([N+]#[C-])c3)n2)c1. The van der Waals surface area contributed by atoms with E-state index in [1.54, 1.807) is 24.3 Å². The van der Waals surface area contributed by atoms with Crippen molar-refractivity contribution in [3.05, 3.63) is 216 Å². The fourth-order valence-electron chi connectivity index (χ4n) is 8.95. The van der Waals surface area contributed by atoms with Gasteiger partial charge < -0.3 is 9.13 Å². The summed E-state index contributed by atoms with van der Waals surface area (Å²) in [6, 6.07) is 64.3. The van der Waals surface area contributed by atoms with Gasteiger partial charge in [-0.25, -0.2) is 19.7 Å². The molecule has 294 valence electrons. The van der Waals surface area contributed by atoms with E-state index in [4.69, 9.17) is 23.1 Å². The van der Waals surface area contributed by atoms with Crippen molar-refractivity contribution < 1.29 is 0 Å². The van der Waals surface area contributed by atoms with Crippen LogP contribution in [-0.4, -0.2) is 19.1 Å². The van der Waals surface area contributed by atoms with Crippen LogP contribution in [0, 0.1) is 35.8 Å². The van der Waals surface area contributed by atoms with Gasteiger partial charge in [-0.2, -0.15) is 10.5 Å². The van der Waals surface area contributed by atoms with Crippen LogP contribution in [0.5, 0.6) is 0 Å². The average molecular weight is 815 g/mol. The normalized spacial score (nSPS) is 11.1. The van der Waals surface area contributed by atoms with Gasteiger partial charge in [-0.1, -0.05) is 115 Å². The first-order chi connectivity index (χ1) is 31.5. The number of aromatic nitrogens is 4. The highest BCUT2D eigenvalue weighted by atomic mass is 15.0. The standard InChI is InChI=1S/C56H30N8/c1-59-41-13-9-11-37(27-41)50-32-49(61-56(62-50)38-12-10-14-42(28-38)60-2)35-21-23-36(24-22-35)55-39(33-57)29-44(30-40(55)34-58)64-53-20-8-5-17-47(53)48-31-43(25-26-54(48)64)63-51-18-6-3-15-45(51)46-16-4-7-19-52(46)63/h3-32H. The molecule has 64 heavy (non-hydrogen) atoms. The third kappa shape index (κ3) is 6.12. The molecule has 11 rings (SSSR count). The minimum Gasteiger partial charge on any atom is -0.309 e. The molecule has 0 fully saturated rings. The zero-order chi connectivity index (χ0) is 43.3. The lowest BCUT2D eigenvalue weighted by Crippen LogP contribution is -1.99. The summed E-state index contributed by atoms with van der Waals surface area (Å²) in [6.45, 7) is 15.1. The highest BCUT2D eigenvalue weighted by Crippen LogP contribution is 2.39. The predicted molar refractivity (Wildman–Crippen MR) is 254 cm³/mol. The van der Waals surface area contributed by atoms with Gasteiger partial charge in [-0.3, -0.25) is 0 Å². The second kappa shape index (κ2) is 15.1. The molecule has 11 aromatic rings. The first-order valence-corrected chi connectivity index (χ1v) is 20.5. The summed E-state index contributed by atoms with van der Waals surface area (Å²) in [5.74, 6) is 0.442. The Balaban J connectivity index is 1.02. The van der Waals surface area contributed by atoms with E-state index in [9.17, 15) is 10.5 Å². The van der Waals surface area contributed by atoms with Gasteiger partial charge >= 0.3 is 0 Å². The average Bonchev–Trinajstić information content (AvgIpc) is 3.88. The lowest BCUT2D eigenvalue weighted by molar-refractivity contribution is 1.16. The number of hydrogen-bond acceptors (Lipinski definition) is 4. The van der Waals surface area contributed by atoms with Crippen LogP contribution in [0.1, 0.15) is 11.1 Å². The molecule has 3 aromatic heterocycles. The minimum atomic E-state index is 0.376. The van der Waals surface area contributed by atoms with Crippen LogP contribution in [0.4, 0.5) is 11.4 Å². The Morgan fingerprint density at radius 3 is 1.47 bits per heavy atom. The lowest BCUT2D eigenvalue weighted by atomic mass is 9.93. The van der Waals surface area contributed by atoms with E-state index in [0.717, 1.165) is 55.3 Å². The van der Waals surface area contributed by atoms with Gasteiger partial charge in [0.15, 0.2) is 17.2 Å². The molecule has 0 amide bonds. The summed E-state index contributed by atoms with van der Waals surface area (Å²) < 4.78 is 4.45. The number of para-hydroxylation sites is 3. The summed E-state index contributed by atoms with van der Waals surface area (Å²) in [5.41, 5.74) is 12.4. The number of nitrogens with zero attached hydrogens (tertiary/aromatic N) is 8. The fourth-order valence-corrected chi connectivity index (χ4v) is 8.95. The molecule has 3 heterocycles. The molecule has 0 saturated heterocycles. The summed E-state index contributed by atoms with van der Waals surface area (Å²) in [6.07, 6.45) is 0. The molecule has 8 heteroatoms. The van der Waals surface area contributed by atoms with E-state index in [2.05, 4.69) is 110 Å². The molecule has 0 unspecified atom stereocenters. The fraction of sp³-hybridized carbons (Fsp3) is 0. The second-order valence-corrected chi connectivity index (χ2v) is 15.4. The number of nitriles is 2. The van der Waals surface area contributed by atoms with E-state index in [1.165, 1.54) is 10.8 Å². The Morgan fingerprint density at radius 2 is 0.891 bits per heavy atom. The molecule has 0 spiro atoms. The van der Waals surface area contributed by atoms with Crippen LogP contribution < -0.4 is 0 Å². The Bertz CT molecular complexity index is 3730. The molecule has 0 N–H and O–H groups in total. The van der Waals surface area contributed by atoms with Crippen LogP contribution in [0.15, 0.2) is 182 Å². The molecular weight excluding hydrogens is 785 g/mol. The van der Waals surface area contributed by atoms with Gasteiger partial charge in [-0.05, 0) is 77.9 Å². The summed E-state index contributed by atoms with van der Waals surface area (Å²) in [7, 11) is 0. The Labute approximate surface area is 367 Å². The maximum Gasteiger partial charge on any atom is 0.187 e. The molecule has 8 nitrogen and oxygen atoms in total. The first-order valence-electron chi connectivity index (χ1n) is 20.5. The highest BCUT2D eigenvalue weighted by Gasteiger charge is 2.20. The maximum atomic E-state index is 10.7. The van der Waals surface area contributed by atoms with Gasteiger partial charge in [0, 0.05) is 49.6 Å². The number of benzene rings is 8. The maximum absolute atomic E-state index is 10.7. The van der Waals surface area contributed by atoms with Crippen molar-refractivity contribution in [3.8, 4) is 68.5 Å². The molecule has 0 aliphatic heterocycles. The first kappa shape index (κ1) is 37.4. The molecule has 0 aliphatic carbocycles. The van der Waals surface area contributed by atoms with E-state index >= 15 is 0 Å². The lowest BCUT2D eigenvalue weighted by Gasteiger charge is -2.14. The molecule has 0 saturated carbocycles. The third-order valence-corrected chi connectivity index (χ3v) is 11.8. The summed E-state index contributed by atoms with van der Waals surface area (Å²) >= 11 is 0. The van der Waals surface area contributed by atoms with Crippen molar-refractivity contribution in [2.45, 2.75) is 0 Å². The Kier molecular flexibility index (Phi) is 8.85. The number of fused-ring (bicyclic) bond motifs is 6. The van der Waals surface area contributed by atoms with Gasteiger partial charge in [0.05, 0.1) is 69.9 Å². The van der Waals surface area contributed by atoms with Crippen LogP contribution >= 0.6 is 0 Å². The van der Waals surface area contributed by atoms with E-state index < -0.39 is 0 Å². The van der Waals surface area contributed by atoms with Crippen molar-refractivity contribution in [3.63, 3.8) is 0 Å². The van der Waals surface area contributed by atoms with Crippen molar-refractivity contribution in [2.24, 2.45) is 0 Å². The summed E-state index contributed by atoms with van der Waals surface area (Å²) in [5, 5.41) is 26.0. The second-order valence-electron chi connectivity index (χ2n) is 15.4. The quantitative estimate of drug-likeness (QED) is 0.156. The van der Waals surface area contributed by atoms with Crippen LogP contribution in [0.2, 0.25) is 0 Å². The monoisotopic (exact) mass is 814 g/mol. The zero-order valence-corrected chi connectivity index (χ0v) is 33.9. The smallest absolute Gasteiger partial charge is 0.187 e. The predicted octanol–water partition coefficient (Wildman–Crippen LogP) is 14.2. The Hall–Kier alpha value is -9.60. The van der Waals surface area contributed by atoms with Crippen LogP contribution in [0.3, 0.4) is 0 Å². The number of hydrogen-bond donors (Lipinski definition) is 0. The van der Waals surface area contributed by atoms with Crippen molar-refractivity contribution >= 4 is 55.0 Å². The molecular formula is C56H30N8. The highest BCUT2D eigenvalue weighted by molar-refractivity contribution is 6.12. The van der Waals surface area contributed by atoms with E-state index in [1.807, 2.05) is 78.9 Å². The summed E-state index contributed by atoms with van der Waals surface area (Å²) in [4.78, 5) is 17.0. The molecule has 0 atom stereocenters. The largest absolute Gasteiger partial charge is 0.309 e. The van der Waals surface area contributed by atoms with Gasteiger partial charge in [0.1, 0.15) is 0 Å². The Morgan fingerprint density at radius 1 is 0.406 bits per heavy atom. The molecule has 8 aromatic carbocycles. The molecule has 0 aliphatic rings. The van der Waals surface area contributed by atoms with Crippen molar-refractivity contribution in [1.82, 2.24) is 19.1 Å². The third-order valence-electron chi connectivity index (χ3n) is 11.8. The minimum absolute atomic E-state index is 0.376. The van der Waals surface area contributed by atoms with E-state index in [0.29, 0.717) is 56.4 Å². The van der Waals surface area contributed by atoms with Crippen molar-refractivity contribution in [1.29, 1.82) is 10.5 Å². The van der Waals surface area contributed by atoms with E-state index in [-0.39, 0.29) is 0 Å². The van der Waals surface area contributed by atoms with Crippen LogP contribution in [-0.2, 0) is 0 Å². The van der Waals surface area contributed by atoms with Crippen molar-refractivity contribution in [2.75, 3.05) is 0 Å². The van der Waals surface area contributed by atoms with Gasteiger partial charge in [-0.15, -0.1) is 0 Å². The molecule has 0 bridgehead atoms. The van der Waals surface area contributed by atoms with Gasteiger partial charge in [0.25, 0.3) is 0 Å². The zero-order valence-electron chi connectivity index (χ0n) is 33.9. The number of rotatable bonds is 6.